The Morgan fingerprint density at radius 2 is 2.06 bits per heavy atom. The zero-order chi connectivity index (χ0) is 11.5. The highest BCUT2D eigenvalue weighted by Crippen LogP contribution is 2.30. The van der Waals surface area contributed by atoms with Gasteiger partial charge in [0, 0.05) is 11.8 Å². The van der Waals surface area contributed by atoms with E-state index in [1.54, 1.807) is 0 Å². The number of carbonyl (C=O) groups is 1. The number of nitrogens with zero attached hydrogens (tertiary/aromatic N) is 3. The molecule has 88 valence electrons. The Balaban J connectivity index is 2.15. The molecule has 16 heavy (non-hydrogen) atoms. The summed E-state index contributed by atoms with van der Waals surface area (Å²) in [6, 6.07) is 0.369. The minimum Gasteiger partial charge on any atom is -0.286 e. The lowest BCUT2D eigenvalue weighted by Gasteiger charge is -2.22. The van der Waals surface area contributed by atoms with Gasteiger partial charge in [0.25, 0.3) is 0 Å². The molecule has 0 bridgehead atoms. The van der Waals surface area contributed by atoms with E-state index in [1.807, 2.05) is 18.7 Å². The first-order valence-electron chi connectivity index (χ1n) is 5.72. The van der Waals surface area contributed by atoms with Crippen molar-refractivity contribution in [3.05, 3.63) is 0 Å². The number of thioether (sulfide) groups is 1. The number of amides is 1. The summed E-state index contributed by atoms with van der Waals surface area (Å²) in [7, 11) is 0. The van der Waals surface area contributed by atoms with Crippen LogP contribution in [0, 0.1) is 0 Å². The molecule has 0 radical (unpaired) electrons. The first-order valence-corrected chi connectivity index (χ1v) is 6.71. The lowest BCUT2D eigenvalue weighted by atomic mass is 10.2. The van der Waals surface area contributed by atoms with E-state index in [-0.39, 0.29) is 5.91 Å². The summed E-state index contributed by atoms with van der Waals surface area (Å²) in [5, 5.41) is 9.01. The van der Waals surface area contributed by atoms with Crippen molar-refractivity contribution in [2.24, 2.45) is 10.2 Å². The predicted octanol–water partition coefficient (Wildman–Crippen LogP) is 2.26. The highest BCUT2D eigenvalue weighted by atomic mass is 32.2. The molecule has 1 amide bonds. The van der Waals surface area contributed by atoms with Gasteiger partial charge < -0.3 is 0 Å². The van der Waals surface area contributed by atoms with Gasteiger partial charge in [0.2, 0.25) is 5.91 Å². The summed E-state index contributed by atoms with van der Waals surface area (Å²) in [4.78, 5) is 13.7. The minimum absolute atomic E-state index is 0.194. The van der Waals surface area contributed by atoms with E-state index in [1.165, 1.54) is 24.6 Å². The highest BCUT2D eigenvalue weighted by molar-refractivity contribution is 8.15. The third kappa shape index (κ3) is 2.45. The second-order valence-corrected chi connectivity index (χ2v) is 5.36. The fourth-order valence-electron chi connectivity index (χ4n) is 2.11. The second-order valence-electron chi connectivity index (χ2n) is 4.42. The maximum absolute atomic E-state index is 11.8. The van der Waals surface area contributed by atoms with Crippen molar-refractivity contribution < 1.29 is 4.79 Å². The molecule has 0 atom stereocenters. The number of hydrogen-bond acceptors (Lipinski definition) is 4. The van der Waals surface area contributed by atoms with Crippen LogP contribution in [0.25, 0.3) is 0 Å². The molecule has 0 spiro atoms. The Hall–Kier alpha value is -0.840. The van der Waals surface area contributed by atoms with Gasteiger partial charge in [0.05, 0.1) is 5.75 Å². The summed E-state index contributed by atoms with van der Waals surface area (Å²) in [6.07, 6.45) is 4.67. The molecule has 0 unspecified atom stereocenters. The minimum atomic E-state index is 0.194. The van der Waals surface area contributed by atoms with E-state index in [0.29, 0.717) is 11.8 Å². The third-order valence-corrected chi connectivity index (χ3v) is 3.75. The maximum atomic E-state index is 11.8. The van der Waals surface area contributed by atoms with E-state index >= 15 is 0 Å². The zero-order valence-corrected chi connectivity index (χ0v) is 10.6. The van der Waals surface area contributed by atoms with Gasteiger partial charge in [0.1, 0.15) is 0 Å². The molecule has 2 fully saturated rings. The molecule has 2 aliphatic rings. The van der Waals surface area contributed by atoms with Gasteiger partial charge in [-0.2, -0.15) is 5.10 Å². The topological polar surface area (TPSA) is 45.0 Å². The Morgan fingerprint density at radius 1 is 1.38 bits per heavy atom. The third-order valence-electron chi connectivity index (χ3n) is 2.82. The summed E-state index contributed by atoms with van der Waals surface area (Å²) in [6.45, 7) is 3.82. The largest absolute Gasteiger partial charge is 0.286 e. The molecule has 0 aromatic heterocycles. The molecule has 5 heteroatoms. The Labute approximate surface area is 100 Å². The van der Waals surface area contributed by atoms with Crippen LogP contribution >= 0.6 is 11.8 Å². The Kier molecular flexibility index (Phi) is 3.63. The highest BCUT2D eigenvalue weighted by Gasteiger charge is 2.35. The van der Waals surface area contributed by atoms with Crippen molar-refractivity contribution in [2.75, 3.05) is 5.75 Å². The van der Waals surface area contributed by atoms with Crippen LogP contribution in [0.15, 0.2) is 10.2 Å². The first-order chi connectivity index (χ1) is 7.68. The first kappa shape index (κ1) is 11.6. The van der Waals surface area contributed by atoms with E-state index in [0.717, 1.165) is 23.7 Å². The van der Waals surface area contributed by atoms with Crippen molar-refractivity contribution in [3.8, 4) is 0 Å². The molecule has 0 aromatic rings. The van der Waals surface area contributed by atoms with Gasteiger partial charge in [-0.25, -0.2) is 0 Å². The van der Waals surface area contributed by atoms with E-state index in [9.17, 15) is 4.79 Å². The summed E-state index contributed by atoms with van der Waals surface area (Å²) >= 11 is 1.51. The van der Waals surface area contributed by atoms with Gasteiger partial charge in [-0.05, 0) is 26.7 Å². The van der Waals surface area contributed by atoms with Crippen LogP contribution in [0.4, 0.5) is 0 Å². The number of amidine groups is 1. The SMILES string of the molecule is CC(C)=N/N=C1/SCC(=O)N1C1CCCC1. The van der Waals surface area contributed by atoms with E-state index in [2.05, 4.69) is 10.2 Å². The summed E-state index contributed by atoms with van der Waals surface area (Å²) in [5.41, 5.74) is 0.916. The Morgan fingerprint density at radius 3 is 2.69 bits per heavy atom. The van der Waals surface area contributed by atoms with Gasteiger partial charge in [-0.3, -0.25) is 9.69 Å². The average molecular weight is 239 g/mol. The smallest absolute Gasteiger partial charge is 0.239 e. The van der Waals surface area contributed by atoms with E-state index in [4.69, 9.17) is 0 Å². The van der Waals surface area contributed by atoms with Gasteiger partial charge >= 0.3 is 0 Å². The summed E-state index contributed by atoms with van der Waals surface area (Å²) < 4.78 is 0. The number of carbonyl (C=O) groups excluding carboxylic acids is 1. The molecular weight excluding hydrogens is 222 g/mol. The number of rotatable bonds is 2. The van der Waals surface area contributed by atoms with Crippen LogP contribution in [0.1, 0.15) is 39.5 Å². The normalized spacial score (nSPS) is 24.5. The van der Waals surface area contributed by atoms with Crippen LogP contribution < -0.4 is 0 Å². The van der Waals surface area contributed by atoms with Crippen molar-refractivity contribution in [1.29, 1.82) is 0 Å². The predicted molar refractivity (Wildman–Crippen MR) is 67.8 cm³/mol. The summed E-state index contributed by atoms with van der Waals surface area (Å²) in [5.74, 6) is 0.716. The molecule has 0 N–H and O–H groups in total. The van der Waals surface area contributed by atoms with Crippen molar-refractivity contribution in [3.63, 3.8) is 0 Å². The molecule has 1 heterocycles. The molecule has 1 saturated heterocycles. The molecule has 0 aromatic carbocycles. The molecule has 1 aliphatic heterocycles. The fraction of sp³-hybridized carbons (Fsp3) is 0.727. The monoisotopic (exact) mass is 239 g/mol. The fourth-order valence-corrected chi connectivity index (χ4v) is 2.99. The van der Waals surface area contributed by atoms with Crippen molar-refractivity contribution in [2.45, 2.75) is 45.6 Å². The maximum Gasteiger partial charge on any atom is 0.239 e. The quantitative estimate of drug-likeness (QED) is 0.548. The van der Waals surface area contributed by atoms with Gasteiger partial charge in [-0.15, -0.1) is 5.10 Å². The van der Waals surface area contributed by atoms with Crippen LogP contribution in [0.5, 0.6) is 0 Å². The van der Waals surface area contributed by atoms with E-state index < -0.39 is 0 Å². The van der Waals surface area contributed by atoms with Crippen LogP contribution in [0.2, 0.25) is 0 Å². The van der Waals surface area contributed by atoms with Crippen molar-refractivity contribution >= 4 is 28.5 Å². The molecule has 1 aliphatic carbocycles. The standard InChI is InChI=1S/C11H17N3OS/c1-8(2)12-13-11-14(10(15)7-16-11)9-5-3-4-6-9/h9H,3-7H2,1-2H3/b13-11+. The molecule has 2 rings (SSSR count). The number of hydrogen-bond donors (Lipinski definition) is 0. The Bertz CT molecular complexity index is 341. The van der Waals surface area contributed by atoms with Gasteiger partial charge in [-0.1, -0.05) is 24.6 Å². The zero-order valence-electron chi connectivity index (χ0n) is 9.77. The lowest BCUT2D eigenvalue weighted by Crippen LogP contribution is -2.37. The molecule has 1 saturated carbocycles. The lowest BCUT2D eigenvalue weighted by molar-refractivity contribution is -0.125. The average Bonchev–Trinajstić information content (AvgIpc) is 2.83. The molecule has 4 nitrogen and oxygen atoms in total. The van der Waals surface area contributed by atoms with Crippen LogP contribution in [-0.4, -0.2) is 33.5 Å². The van der Waals surface area contributed by atoms with Gasteiger partial charge in [0.15, 0.2) is 5.17 Å². The van der Waals surface area contributed by atoms with Crippen LogP contribution in [0.3, 0.4) is 0 Å². The van der Waals surface area contributed by atoms with Crippen LogP contribution in [-0.2, 0) is 4.79 Å². The van der Waals surface area contributed by atoms with Crippen molar-refractivity contribution in [1.82, 2.24) is 4.90 Å². The second kappa shape index (κ2) is 4.99. The molecular formula is C11H17N3OS.